The predicted molar refractivity (Wildman–Crippen MR) is 106 cm³/mol. The van der Waals surface area contributed by atoms with Crippen LogP contribution in [0, 0.1) is 5.82 Å². The number of halogens is 2. The van der Waals surface area contributed by atoms with Gasteiger partial charge in [0.05, 0.1) is 17.4 Å². The summed E-state index contributed by atoms with van der Waals surface area (Å²) in [6.45, 7) is 0.454. The molecule has 140 valence electrons. The van der Waals surface area contributed by atoms with Gasteiger partial charge >= 0.3 is 0 Å². The minimum atomic E-state index is -0.364. The summed E-state index contributed by atoms with van der Waals surface area (Å²) >= 11 is 5.88. The fourth-order valence-electron chi connectivity index (χ4n) is 3.00. The molecule has 1 N–H and O–H groups in total. The van der Waals surface area contributed by atoms with Crippen molar-refractivity contribution in [1.29, 1.82) is 0 Å². The molecule has 0 atom stereocenters. The molecule has 4 aromatic rings. The lowest BCUT2D eigenvalue weighted by Gasteiger charge is -2.05. The van der Waals surface area contributed by atoms with E-state index in [1.165, 1.54) is 12.1 Å². The second-order valence-electron chi connectivity index (χ2n) is 6.26. The maximum atomic E-state index is 13.6. The van der Waals surface area contributed by atoms with Gasteiger partial charge in [-0.1, -0.05) is 35.9 Å². The van der Waals surface area contributed by atoms with Crippen molar-refractivity contribution >= 4 is 23.0 Å². The van der Waals surface area contributed by atoms with Gasteiger partial charge in [0.25, 0.3) is 5.91 Å². The van der Waals surface area contributed by atoms with E-state index in [4.69, 9.17) is 11.6 Å². The third-order valence-corrected chi connectivity index (χ3v) is 4.61. The molecule has 0 spiro atoms. The van der Waals surface area contributed by atoms with E-state index >= 15 is 0 Å². The summed E-state index contributed by atoms with van der Waals surface area (Å²) in [6.07, 6.45) is 5.52. The molecule has 5 nitrogen and oxygen atoms in total. The summed E-state index contributed by atoms with van der Waals surface area (Å²) in [5.41, 5.74) is 2.81. The zero-order valence-electron chi connectivity index (χ0n) is 14.8. The number of amides is 1. The van der Waals surface area contributed by atoms with Gasteiger partial charge in [-0.3, -0.25) is 14.2 Å². The maximum Gasteiger partial charge on any atom is 0.287 e. The third-order valence-electron chi connectivity index (χ3n) is 4.36. The standard InChI is InChI=1S/C21H16ClFN4O/c22-16-6-4-14(5-7-16)8-9-25-21(28)20-26-19(15-2-1-3-17(23)12-15)18-13-24-10-11-27(18)20/h1-7,10-13H,8-9H2,(H,25,28). The molecule has 0 saturated heterocycles. The molecule has 2 heterocycles. The summed E-state index contributed by atoms with van der Waals surface area (Å²) in [5.74, 6) is -0.443. The van der Waals surface area contributed by atoms with Crippen LogP contribution in [0.5, 0.6) is 0 Å². The van der Waals surface area contributed by atoms with Crippen molar-refractivity contribution < 1.29 is 9.18 Å². The minimum absolute atomic E-state index is 0.229. The molecule has 2 aromatic heterocycles. The van der Waals surface area contributed by atoms with Crippen LogP contribution in [-0.4, -0.2) is 26.8 Å². The lowest BCUT2D eigenvalue weighted by Crippen LogP contribution is -2.27. The molecule has 0 unspecified atom stereocenters. The van der Waals surface area contributed by atoms with E-state index in [2.05, 4.69) is 15.3 Å². The summed E-state index contributed by atoms with van der Waals surface area (Å²) < 4.78 is 15.3. The Bertz CT molecular complexity index is 1140. The maximum absolute atomic E-state index is 13.6. The summed E-state index contributed by atoms with van der Waals surface area (Å²) in [4.78, 5) is 21.3. The van der Waals surface area contributed by atoms with Crippen LogP contribution >= 0.6 is 11.6 Å². The second-order valence-corrected chi connectivity index (χ2v) is 6.69. The minimum Gasteiger partial charge on any atom is -0.349 e. The molecule has 7 heteroatoms. The van der Waals surface area contributed by atoms with Crippen LogP contribution in [0.25, 0.3) is 16.8 Å². The fraction of sp³-hybridized carbons (Fsp3) is 0.0952. The molecule has 0 aliphatic carbocycles. The Kier molecular flexibility index (Phi) is 5.04. The first-order chi connectivity index (χ1) is 13.6. The number of benzene rings is 2. The van der Waals surface area contributed by atoms with Crippen molar-refractivity contribution in [3.05, 3.63) is 89.3 Å². The van der Waals surface area contributed by atoms with Gasteiger partial charge in [-0.15, -0.1) is 0 Å². The van der Waals surface area contributed by atoms with Crippen LogP contribution in [-0.2, 0) is 6.42 Å². The van der Waals surface area contributed by atoms with Crippen molar-refractivity contribution in [3.63, 3.8) is 0 Å². The first kappa shape index (κ1) is 18.1. The lowest BCUT2D eigenvalue weighted by molar-refractivity contribution is 0.0943. The average molecular weight is 395 g/mol. The molecule has 0 radical (unpaired) electrons. The lowest BCUT2D eigenvalue weighted by atomic mass is 10.1. The zero-order valence-corrected chi connectivity index (χ0v) is 15.5. The van der Waals surface area contributed by atoms with Crippen LogP contribution in [0.4, 0.5) is 4.39 Å². The van der Waals surface area contributed by atoms with Crippen LogP contribution in [0.15, 0.2) is 67.1 Å². The summed E-state index contributed by atoms with van der Waals surface area (Å²) in [7, 11) is 0. The smallest absolute Gasteiger partial charge is 0.287 e. The van der Waals surface area contributed by atoms with Gasteiger partial charge in [0.2, 0.25) is 5.82 Å². The SMILES string of the molecule is O=C(NCCc1ccc(Cl)cc1)c1nc(-c2cccc(F)c2)c2cnccn12. The monoisotopic (exact) mass is 394 g/mol. The van der Waals surface area contributed by atoms with Gasteiger partial charge in [0.1, 0.15) is 5.82 Å². The average Bonchev–Trinajstić information content (AvgIpc) is 3.09. The first-order valence-corrected chi connectivity index (χ1v) is 9.10. The Hall–Kier alpha value is -3.25. The number of hydrogen-bond acceptors (Lipinski definition) is 3. The number of fused-ring (bicyclic) bond motifs is 1. The molecule has 0 aliphatic heterocycles. The van der Waals surface area contributed by atoms with E-state index in [0.717, 1.165) is 5.56 Å². The quantitative estimate of drug-likeness (QED) is 0.553. The molecule has 0 fully saturated rings. The van der Waals surface area contributed by atoms with Crippen LogP contribution < -0.4 is 5.32 Å². The Labute approximate surface area is 165 Å². The highest BCUT2D eigenvalue weighted by Crippen LogP contribution is 2.25. The fourth-order valence-corrected chi connectivity index (χ4v) is 3.12. The Morgan fingerprint density at radius 2 is 2.00 bits per heavy atom. The third kappa shape index (κ3) is 3.73. The zero-order chi connectivity index (χ0) is 19.5. The Morgan fingerprint density at radius 3 is 2.79 bits per heavy atom. The summed E-state index contributed by atoms with van der Waals surface area (Å²) in [5, 5.41) is 3.56. The van der Waals surface area contributed by atoms with Gasteiger partial charge < -0.3 is 5.32 Å². The molecule has 0 bridgehead atoms. The molecule has 1 amide bonds. The number of hydrogen-bond donors (Lipinski definition) is 1. The van der Waals surface area contributed by atoms with E-state index in [-0.39, 0.29) is 17.5 Å². The van der Waals surface area contributed by atoms with Gasteiger partial charge in [-0.05, 0) is 36.2 Å². The van der Waals surface area contributed by atoms with Gasteiger partial charge in [0.15, 0.2) is 0 Å². The van der Waals surface area contributed by atoms with Gasteiger partial charge in [-0.2, -0.15) is 0 Å². The first-order valence-electron chi connectivity index (χ1n) is 8.72. The van der Waals surface area contributed by atoms with Crippen LogP contribution in [0.1, 0.15) is 16.2 Å². The topological polar surface area (TPSA) is 59.3 Å². The normalized spacial score (nSPS) is 10.9. The van der Waals surface area contributed by atoms with E-state index in [1.807, 2.05) is 24.3 Å². The van der Waals surface area contributed by atoms with Crippen molar-refractivity contribution in [2.75, 3.05) is 6.54 Å². The Balaban J connectivity index is 1.58. The molecule has 4 rings (SSSR count). The molecular formula is C21H16ClFN4O. The highest BCUT2D eigenvalue weighted by molar-refractivity contribution is 6.30. The number of rotatable bonds is 5. The number of carbonyl (C=O) groups is 1. The number of aromatic nitrogens is 3. The number of imidazole rings is 1. The molecule has 2 aromatic carbocycles. The molecular weight excluding hydrogens is 379 g/mol. The number of nitrogens with zero attached hydrogens (tertiary/aromatic N) is 3. The van der Waals surface area contributed by atoms with E-state index in [1.54, 1.807) is 35.1 Å². The van der Waals surface area contributed by atoms with Crippen molar-refractivity contribution in [1.82, 2.24) is 19.7 Å². The van der Waals surface area contributed by atoms with Gasteiger partial charge in [-0.25, -0.2) is 9.37 Å². The largest absolute Gasteiger partial charge is 0.349 e. The van der Waals surface area contributed by atoms with Crippen molar-refractivity contribution in [2.24, 2.45) is 0 Å². The second kappa shape index (κ2) is 7.78. The van der Waals surface area contributed by atoms with Crippen molar-refractivity contribution in [2.45, 2.75) is 6.42 Å². The molecule has 0 aliphatic rings. The van der Waals surface area contributed by atoms with Crippen molar-refractivity contribution in [3.8, 4) is 11.3 Å². The molecule has 28 heavy (non-hydrogen) atoms. The summed E-state index contributed by atoms with van der Waals surface area (Å²) in [6, 6.07) is 13.6. The van der Waals surface area contributed by atoms with Crippen LogP contribution in [0.2, 0.25) is 5.02 Å². The molecule has 0 saturated carbocycles. The van der Waals surface area contributed by atoms with E-state index in [9.17, 15) is 9.18 Å². The number of carbonyl (C=O) groups excluding carboxylic acids is 1. The Morgan fingerprint density at radius 1 is 1.18 bits per heavy atom. The van der Waals surface area contributed by atoms with E-state index in [0.29, 0.717) is 34.8 Å². The predicted octanol–water partition coefficient (Wildman–Crippen LogP) is 4.16. The number of nitrogens with one attached hydrogen (secondary N) is 1. The van der Waals surface area contributed by atoms with Gasteiger partial charge in [0, 0.05) is 29.5 Å². The highest BCUT2D eigenvalue weighted by atomic mass is 35.5. The van der Waals surface area contributed by atoms with Crippen LogP contribution in [0.3, 0.4) is 0 Å². The van der Waals surface area contributed by atoms with E-state index < -0.39 is 0 Å². The highest BCUT2D eigenvalue weighted by Gasteiger charge is 2.18.